The first kappa shape index (κ1) is 16.5. The van der Waals surface area contributed by atoms with Crippen molar-refractivity contribution in [2.75, 3.05) is 11.9 Å². The Balaban J connectivity index is 1.79. The second-order valence-corrected chi connectivity index (χ2v) is 6.07. The van der Waals surface area contributed by atoms with Crippen molar-refractivity contribution in [3.05, 3.63) is 65.7 Å². The zero-order chi connectivity index (χ0) is 15.8. The smallest absolute Gasteiger partial charge is 0.170 e. The second kappa shape index (κ2) is 8.54. The lowest BCUT2D eigenvalue weighted by Gasteiger charge is -2.18. The standard InChI is InChI=1S/C19H24N2S/c1-3-16(13-17-7-5-4-6-8-17)14-20-19(22)21-18-11-9-15(2)10-12-18/h4-12,16H,3,13-14H2,1-2H3,(H2,20,21,22)/t16-/m1/s1. The fourth-order valence-electron chi connectivity index (χ4n) is 2.36. The van der Waals surface area contributed by atoms with Crippen LogP contribution in [0.1, 0.15) is 24.5 Å². The lowest BCUT2D eigenvalue weighted by atomic mass is 9.97. The van der Waals surface area contributed by atoms with Crippen LogP contribution in [0.25, 0.3) is 0 Å². The molecule has 0 aliphatic rings. The van der Waals surface area contributed by atoms with Crippen LogP contribution in [0.2, 0.25) is 0 Å². The number of rotatable bonds is 6. The van der Waals surface area contributed by atoms with Crippen LogP contribution >= 0.6 is 12.2 Å². The molecule has 0 saturated heterocycles. The highest BCUT2D eigenvalue weighted by Gasteiger charge is 2.08. The van der Waals surface area contributed by atoms with Gasteiger partial charge in [-0.15, -0.1) is 0 Å². The maximum Gasteiger partial charge on any atom is 0.170 e. The number of benzene rings is 2. The molecule has 2 nitrogen and oxygen atoms in total. The number of hydrogen-bond donors (Lipinski definition) is 2. The molecule has 3 heteroatoms. The predicted octanol–water partition coefficient (Wildman–Crippen LogP) is 4.55. The molecule has 0 spiro atoms. The van der Waals surface area contributed by atoms with E-state index in [9.17, 15) is 0 Å². The van der Waals surface area contributed by atoms with Crippen molar-refractivity contribution < 1.29 is 0 Å². The van der Waals surface area contributed by atoms with Crippen LogP contribution in [-0.4, -0.2) is 11.7 Å². The van der Waals surface area contributed by atoms with Gasteiger partial charge in [0.25, 0.3) is 0 Å². The van der Waals surface area contributed by atoms with Gasteiger partial charge in [-0.05, 0) is 49.2 Å². The van der Waals surface area contributed by atoms with Gasteiger partial charge in [-0.3, -0.25) is 0 Å². The first-order valence-electron chi connectivity index (χ1n) is 7.83. The number of thiocarbonyl (C=S) groups is 1. The maximum absolute atomic E-state index is 5.38. The molecule has 116 valence electrons. The van der Waals surface area contributed by atoms with Crippen molar-refractivity contribution in [1.29, 1.82) is 0 Å². The Hall–Kier alpha value is -1.87. The van der Waals surface area contributed by atoms with Gasteiger partial charge < -0.3 is 10.6 Å². The van der Waals surface area contributed by atoms with Gasteiger partial charge in [0.1, 0.15) is 0 Å². The third-order valence-electron chi connectivity index (χ3n) is 3.81. The number of hydrogen-bond acceptors (Lipinski definition) is 1. The van der Waals surface area contributed by atoms with Gasteiger partial charge in [-0.25, -0.2) is 0 Å². The molecule has 0 amide bonds. The van der Waals surface area contributed by atoms with E-state index in [1.165, 1.54) is 11.1 Å². The average molecular weight is 312 g/mol. The fraction of sp³-hybridized carbons (Fsp3) is 0.316. The van der Waals surface area contributed by atoms with E-state index in [0.717, 1.165) is 25.1 Å². The summed E-state index contributed by atoms with van der Waals surface area (Å²) >= 11 is 5.38. The van der Waals surface area contributed by atoms with E-state index in [4.69, 9.17) is 12.2 Å². The summed E-state index contributed by atoms with van der Waals surface area (Å²) in [6.07, 6.45) is 2.21. The highest BCUT2D eigenvalue weighted by atomic mass is 32.1. The van der Waals surface area contributed by atoms with E-state index in [1.807, 2.05) is 12.1 Å². The molecule has 1 atom stereocenters. The van der Waals surface area contributed by atoms with E-state index in [2.05, 4.69) is 66.9 Å². The lowest BCUT2D eigenvalue weighted by Crippen LogP contribution is -2.33. The molecule has 0 aliphatic heterocycles. The molecule has 0 bridgehead atoms. The largest absolute Gasteiger partial charge is 0.362 e. The summed E-state index contributed by atoms with van der Waals surface area (Å²) in [6.45, 7) is 5.20. The van der Waals surface area contributed by atoms with Crippen molar-refractivity contribution in [3.63, 3.8) is 0 Å². The Morgan fingerprint density at radius 2 is 1.73 bits per heavy atom. The van der Waals surface area contributed by atoms with Gasteiger partial charge in [-0.2, -0.15) is 0 Å². The normalized spacial score (nSPS) is 11.7. The van der Waals surface area contributed by atoms with Crippen molar-refractivity contribution in [2.45, 2.75) is 26.7 Å². The average Bonchev–Trinajstić information content (AvgIpc) is 2.54. The SMILES string of the molecule is CC[C@@H](CNC(=S)Nc1ccc(C)cc1)Cc1ccccc1. The molecule has 22 heavy (non-hydrogen) atoms. The molecule has 2 N–H and O–H groups in total. The zero-order valence-corrected chi connectivity index (χ0v) is 14.1. The van der Waals surface area contributed by atoms with Gasteiger partial charge >= 0.3 is 0 Å². The predicted molar refractivity (Wildman–Crippen MR) is 99.3 cm³/mol. The fourth-order valence-corrected chi connectivity index (χ4v) is 2.56. The molecular weight excluding hydrogens is 288 g/mol. The van der Waals surface area contributed by atoms with Crippen LogP contribution < -0.4 is 10.6 Å². The number of nitrogens with one attached hydrogen (secondary N) is 2. The van der Waals surface area contributed by atoms with Crippen molar-refractivity contribution >= 4 is 23.0 Å². The Labute approximate surface area is 139 Å². The molecule has 2 aromatic carbocycles. The molecule has 0 aliphatic carbocycles. The van der Waals surface area contributed by atoms with E-state index < -0.39 is 0 Å². The molecule has 0 fully saturated rings. The van der Waals surface area contributed by atoms with E-state index >= 15 is 0 Å². The summed E-state index contributed by atoms with van der Waals surface area (Å²) in [5.41, 5.74) is 3.66. The van der Waals surface area contributed by atoms with Gasteiger partial charge in [0.2, 0.25) is 0 Å². The molecule has 0 heterocycles. The van der Waals surface area contributed by atoms with Crippen LogP contribution in [0, 0.1) is 12.8 Å². The summed E-state index contributed by atoms with van der Waals surface area (Å²) in [4.78, 5) is 0. The summed E-state index contributed by atoms with van der Waals surface area (Å²) in [6, 6.07) is 18.9. The third-order valence-corrected chi connectivity index (χ3v) is 4.05. The highest BCUT2D eigenvalue weighted by Crippen LogP contribution is 2.12. The summed E-state index contributed by atoms with van der Waals surface area (Å²) in [5.74, 6) is 0.583. The summed E-state index contributed by atoms with van der Waals surface area (Å²) in [5, 5.41) is 7.26. The van der Waals surface area contributed by atoms with E-state index in [1.54, 1.807) is 0 Å². The van der Waals surface area contributed by atoms with Crippen LogP contribution in [0.3, 0.4) is 0 Å². The molecule has 0 aromatic heterocycles. The minimum Gasteiger partial charge on any atom is -0.362 e. The Bertz CT molecular complexity index is 578. The lowest BCUT2D eigenvalue weighted by molar-refractivity contribution is 0.498. The Kier molecular flexibility index (Phi) is 6.41. The molecule has 0 radical (unpaired) electrons. The number of anilines is 1. The van der Waals surface area contributed by atoms with Crippen LogP contribution in [0.5, 0.6) is 0 Å². The van der Waals surface area contributed by atoms with Crippen molar-refractivity contribution in [3.8, 4) is 0 Å². The van der Waals surface area contributed by atoms with E-state index in [-0.39, 0.29) is 0 Å². The molecule has 2 rings (SSSR count). The Morgan fingerprint density at radius 3 is 2.36 bits per heavy atom. The zero-order valence-electron chi connectivity index (χ0n) is 13.3. The molecule has 0 saturated carbocycles. The van der Waals surface area contributed by atoms with Gasteiger partial charge in [0.05, 0.1) is 0 Å². The first-order chi connectivity index (χ1) is 10.7. The van der Waals surface area contributed by atoms with Crippen LogP contribution in [-0.2, 0) is 6.42 Å². The quantitative estimate of drug-likeness (QED) is 0.765. The van der Waals surface area contributed by atoms with Gasteiger partial charge in [0.15, 0.2) is 5.11 Å². The monoisotopic (exact) mass is 312 g/mol. The number of aryl methyl sites for hydroxylation is 1. The van der Waals surface area contributed by atoms with Gasteiger partial charge in [-0.1, -0.05) is 61.4 Å². The maximum atomic E-state index is 5.38. The Morgan fingerprint density at radius 1 is 1.05 bits per heavy atom. The molecule has 2 aromatic rings. The summed E-state index contributed by atoms with van der Waals surface area (Å²) < 4.78 is 0. The van der Waals surface area contributed by atoms with Crippen molar-refractivity contribution in [1.82, 2.24) is 5.32 Å². The van der Waals surface area contributed by atoms with Crippen LogP contribution in [0.4, 0.5) is 5.69 Å². The molecule has 0 unspecified atom stereocenters. The van der Waals surface area contributed by atoms with Crippen molar-refractivity contribution in [2.24, 2.45) is 5.92 Å². The minimum atomic E-state index is 0.583. The van der Waals surface area contributed by atoms with Gasteiger partial charge in [0, 0.05) is 12.2 Å². The first-order valence-corrected chi connectivity index (χ1v) is 8.23. The molecular formula is C19H24N2S. The second-order valence-electron chi connectivity index (χ2n) is 5.67. The third kappa shape index (κ3) is 5.49. The topological polar surface area (TPSA) is 24.1 Å². The summed E-state index contributed by atoms with van der Waals surface area (Å²) in [7, 11) is 0. The minimum absolute atomic E-state index is 0.583. The van der Waals surface area contributed by atoms with E-state index in [0.29, 0.717) is 11.0 Å². The van der Waals surface area contributed by atoms with Crippen LogP contribution in [0.15, 0.2) is 54.6 Å². The highest BCUT2D eigenvalue weighted by molar-refractivity contribution is 7.80.